The Labute approximate surface area is 197 Å². The summed E-state index contributed by atoms with van der Waals surface area (Å²) in [4.78, 5) is 21.6. The van der Waals surface area contributed by atoms with Gasteiger partial charge in [0, 0.05) is 20.5 Å². The summed E-state index contributed by atoms with van der Waals surface area (Å²) in [6.45, 7) is 0. The fourth-order valence-corrected chi connectivity index (χ4v) is 6.89. The molecule has 6 heterocycles. The summed E-state index contributed by atoms with van der Waals surface area (Å²) < 4.78 is 2.50. The molecule has 0 bridgehead atoms. The molecule has 4 aliphatic heterocycles. The molecule has 2 aromatic heterocycles. The van der Waals surface area contributed by atoms with Crippen LogP contribution in [0, 0.1) is 0 Å². The van der Waals surface area contributed by atoms with Gasteiger partial charge in [0.2, 0.25) is 5.96 Å². The molecule has 0 saturated carbocycles. The third kappa shape index (κ3) is 2.52. The quantitative estimate of drug-likeness (QED) is 0.351. The normalized spacial score (nSPS) is 22.7. The smallest absolute Gasteiger partial charge is 0.228 e. The van der Waals surface area contributed by atoms with Gasteiger partial charge in [-0.15, -0.1) is 22.7 Å². The van der Waals surface area contributed by atoms with Crippen molar-refractivity contribution in [2.24, 2.45) is 20.0 Å². The Hall–Kier alpha value is -3.68. The van der Waals surface area contributed by atoms with E-state index in [0.29, 0.717) is 5.96 Å². The van der Waals surface area contributed by atoms with Crippen molar-refractivity contribution in [3.63, 3.8) is 0 Å². The second-order valence-corrected chi connectivity index (χ2v) is 10.2. The Bertz CT molecular complexity index is 1610. The van der Waals surface area contributed by atoms with Gasteiger partial charge in [0.1, 0.15) is 12.4 Å². The van der Waals surface area contributed by atoms with Gasteiger partial charge in [0.15, 0.2) is 5.84 Å². The number of guanidine groups is 1. The van der Waals surface area contributed by atoms with Gasteiger partial charge in [0.25, 0.3) is 0 Å². The Kier molecular flexibility index (Phi) is 3.48. The Balaban J connectivity index is 1.38. The van der Waals surface area contributed by atoms with Crippen LogP contribution >= 0.6 is 22.7 Å². The third-order valence-corrected chi connectivity index (χ3v) is 8.51. The summed E-state index contributed by atoms with van der Waals surface area (Å²) in [5, 5.41) is 6.75. The number of benzene rings is 2. The molecule has 1 saturated heterocycles. The first-order chi connectivity index (χ1) is 16.3. The lowest BCUT2D eigenvalue weighted by Crippen LogP contribution is -2.16. The molecule has 0 N–H and O–H groups in total. The van der Waals surface area contributed by atoms with Crippen LogP contribution in [-0.4, -0.2) is 40.8 Å². The van der Waals surface area contributed by atoms with Crippen molar-refractivity contribution in [3.05, 3.63) is 88.1 Å². The van der Waals surface area contributed by atoms with Gasteiger partial charge < -0.3 is 4.90 Å². The average molecular weight is 462 g/mol. The van der Waals surface area contributed by atoms with E-state index >= 15 is 0 Å². The SMILES string of the molecule is C1=NC2=NC(c3cccc4ccsc34)=CC3=CC(c4cccc5ccsc45)=NC(=N1)C1C3N21. The molecule has 1 fully saturated rings. The van der Waals surface area contributed by atoms with Crippen LogP contribution < -0.4 is 0 Å². The topological polar surface area (TPSA) is 52.4 Å². The van der Waals surface area contributed by atoms with E-state index in [2.05, 4.69) is 86.3 Å². The monoisotopic (exact) mass is 461 g/mol. The van der Waals surface area contributed by atoms with Gasteiger partial charge in [-0.05, 0) is 51.4 Å². The number of thiophene rings is 2. The fourth-order valence-electron chi connectivity index (χ4n) is 5.04. The third-order valence-electron chi connectivity index (χ3n) is 6.58. The maximum absolute atomic E-state index is 5.06. The van der Waals surface area contributed by atoms with E-state index < -0.39 is 0 Å². The molecule has 2 unspecified atom stereocenters. The van der Waals surface area contributed by atoms with Gasteiger partial charge in [-0.25, -0.2) is 20.0 Å². The molecule has 33 heavy (non-hydrogen) atoms. The van der Waals surface area contributed by atoms with E-state index in [4.69, 9.17) is 9.98 Å². The van der Waals surface area contributed by atoms with Crippen molar-refractivity contribution in [1.82, 2.24) is 4.90 Å². The molecule has 0 aliphatic carbocycles. The molecular formula is C26H15N5S2. The molecule has 4 aliphatic rings. The predicted molar refractivity (Wildman–Crippen MR) is 139 cm³/mol. The molecule has 0 radical (unpaired) electrons. The standard InChI is InChI=1S/C26H15N5S2/c1-3-14-7-9-32-23(14)17(5-1)19-11-16-12-20(18-6-2-4-15-8-10-33-24(15)18)30-26-28-13-27-25(29-19)22-21(16)31(22)26/h1-13,21-22H. The van der Waals surface area contributed by atoms with E-state index in [-0.39, 0.29) is 12.1 Å². The Morgan fingerprint density at radius 1 is 0.758 bits per heavy atom. The van der Waals surface area contributed by atoms with E-state index in [1.165, 1.54) is 25.7 Å². The zero-order valence-corrected chi connectivity index (χ0v) is 18.8. The number of nitrogens with zero attached hydrogens (tertiary/aromatic N) is 5. The highest BCUT2D eigenvalue weighted by atomic mass is 32.1. The van der Waals surface area contributed by atoms with Gasteiger partial charge in [0.05, 0.1) is 17.5 Å². The van der Waals surface area contributed by atoms with Crippen LogP contribution in [0.25, 0.3) is 25.9 Å². The number of amidine groups is 1. The van der Waals surface area contributed by atoms with E-state index in [1.54, 1.807) is 29.0 Å². The van der Waals surface area contributed by atoms with Crippen molar-refractivity contribution >= 4 is 72.4 Å². The highest BCUT2D eigenvalue weighted by Gasteiger charge is 2.57. The number of rotatable bonds is 2. The Morgan fingerprint density at radius 3 is 2.33 bits per heavy atom. The summed E-state index contributed by atoms with van der Waals surface area (Å²) in [6.07, 6.45) is 6.06. The first kappa shape index (κ1) is 17.8. The lowest BCUT2D eigenvalue weighted by atomic mass is 10.0. The van der Waals surface area contributed by atoms with Crippen LogP contribution in [-0.2, 0) is 0 Å². The second-order valence-electron chi connectivity index (χ2n) is 8.40. The molecule has 7 heteroatoms. The maximum Gasteiger partial charge on any atom is 0.228 e. The van der Waals surface area contributed by atoms with Crippen LogP contribution in [0.2, 0.25) is 0 Å². The summed E-state index contributed by atoms with van der Waals surface area (Å²) in [5.41, 5.74) is 5.38. The van der Waals surface area contributed by atoms with E-state index in [1.807, 2.05) is 0 Å². The molecule has 2 aromatic carbocycles. The predicted octanol–water partition coefficient (Wildman–Crippen LogP) is 5.75. The van der Waals surface area contributed by atoms with Crippen LogP contribution in [0.15, 0.2) is 97.0 Å². The number of hydrogen-bond donors (Lipinski definition) is 0. The van der Waals surface area contributed by atoms with Crippen LogP contribution in [0.1, 0.15) is 11.1 Å². The van der Waals surface area contributed by atoms with Gasteiger partial charge in [-0.1, -0.05) is 36.4 Å². The highest BCUT2D eigenvalue weighted by molar-refractivity contribution is 7.17. The van der Waals surface area contributed by atoms with E-state index in [0.717, 1.165) is 28.4 Å². The largest absolute Gasteiger partial charge is 0.318 e. The molecule has 2 atom stereocenters. The number of fused-ring (bicyclic) bond motifs is 2. The maximum atomic E-state index is 5.06. The van der Waals surface area contributed by atoms with Crippen LogP contribution in [0.5, 0.6) is 0 Å². The molecule has 0 amide bonds. The van der Waals surface area contributed by atoms with Crippen molar-refractivity contribution in [1.29, 1.82) is 0 Å². The number of aliphatic imine (C=N–C) groups is 4. The minimum Gasteiger partial charge on any atom is -0.318 e. The molecule has 8 rings (SSSR count). The van der Waals surface area contributed by atoms with Gasteiger partial charge in [-0.2, -0.15) is 0 Å². The number of allylic oxidation sites excluding steroid dienone is 1. The zero-order valence-electron chi connectivity index (χ0n) is 17.2. The minimum absolute atomic E-state index is 0.0906. The van der Waals surface area contributed by atoms with Crippen LogP contribution in [0.3, 0.4) is 0 Å². The molecule has 156 valence electrons. The molecule has 4 aromatic rings. The summed E-state index contributed by atoms with van der Waals surface area (Å²) in [6, 6.07) is 17.4. The van der Waals surface area contributed by atoms with E-state index in [9.17, 15) is 0 Å². The lowest BCUT2D eigenvalue weighted by Gasteiger charge is -2.07. The number of hydrogen-bond acceptors (Lipinski definition) is 7. The first-order valence-corrected chi connectivity index (χ1v) is 12.5. The van der Waals surface area contributed by atoms with Crippen molar-refractivity contribution in [2.75, 3.05) is 0 Å². The zero-order chi connectivity index (χ0) is 21.5. The Morgan fingerprint density at radius 2 is 1.52 bits per heavy atom. The van der Waals surface area contributed by atoms with Crippen molar-refractivity contribution in [2.45, 2.75) is 12.1 Å². The average Bonchev–Trinajstić information content (AvgIpc) is 3.24. The fraction of sp³-hybridized carbons (Fsp3) is 0.0769. The first-order valence-electron chi connectivity index (χ1n) is 10.8. The van der Waals surface area contributed by atoms with Crippen molar-refractivity contribution < 1.29 is 0 Å². The van der Waals surface area contributed by atoms with Gasteiger partial charge in [-0.3, -0.25) is 0 Å². The second kappa shape index (κ2) is 6.43. The summed E-state index contributed by atoms with van der Waals surface area (Å²) >= 11 is 3.50. The highest BCUT2D eigenvalue weighted by Crippen LogP contribution is 2.44. The minimum atomic E-state index is 0.0906. The molecular weight excluding hydrogens is 446 g/mol. The molecule has 0 spiro atoms. The summed E-state index contributed by atoms with van der Waals surface area (Å²) in [7, 11) is 0. The van der Waals surface area contributed by atoms with Crippen molar-refractivity contribution in [3.8, 4) is 0 Å². The van der Waals surface area contributed by atoms with Crippen LogP contribution in [0.4, 0.5) is 0 Å². The lowest BCUT2D eigenvalue weighted by molar-refractivity contribution is 0.760. The molecule has 5 nitrogen and oxygen atoms in total. The summed E-state index contributed by atoms with van der Waals surface area (Å²) in [5.74, 6) is 1.52. The van der Waals surface area contributed by atoms with Gasteiger partial charge >= 0.3 is 0 Å².